The molecule has 9 heteroatoms. The molecule has 0 radical (unpaired) electrons. The third-order valence-corrected chi connectivity index (χ3v) is 5.89. The van der Waals surface area contributed by atoms with E-state index in [1.54, 1.807) is 16.7 Å². The van der Waals surface area contributed by atoms with Crippen molar-refractivity contribution in [1.29, 1.82) is 0 Å². The summed E-state index contributed by atoms with van der Waals surface area (Å²) in [4.78, 5) is 21.0. The standard InChI is InChI=1S/C16H18ClN5O2S/c1-10-13(23)22(14(25-10)11-2-4-12(17)5-3-11)16-18-15(19-20-16)21-6-8-24-9-7-21/h2-5,10,14H,6-9H2,1H3,(H,18,19,20)/t10-,14+/m0/s1. The molecule has 2 aliphatic heterocycles. The van der Waals surface area contributed by atoms with Crippen LogP contribution in [-0.4, -0.2) is 52.6 Å². The first kappa shape index (κ1) is 16.7. The zero-order chi connectivity index (χ0) is 17.4. The Balaban J connectivity index is 1.63. The number of carbonyl (C=O) groups is 1. The molecule has 25 heavy (non-hydrogen) atoms. The summed E-state index contributed by atoms with van der Waals surface area (Å²) < 4.78 is 5.36. The number of aromatic nitrogens is 3. The molecule has 2 saturated heterocycles. The van der Waals surface area contributed by atoms with E-state index in [-0.39, 0.29) is 16.5 Å². The molecule has 0 bridgehead atoms. The maximum absolute atomic E-state index is 12.7. The van der Waals surface area contributed by atoms with Gasteiger partial charge in [0.1, 0.15) is 5.37 Å². The van der Waals surface area contributed by atoms with Crippen LogP contribution in [0.4, 0.5) is 11.9 Å². The average Bonchev–Trinajstić information content (AvgIpc) is 3.22. The lowest BCUT2D eigenvalue weighted by Crippen LogP contribution is -2.37. The number of ether oxygens (including phenoxy) is 1. The Morgan fingerprint density at radius 1 is 1.28 bits per heavy atom. The van der Waals surface area contributed by atoms with Gasteiger partial charge in [0.15, 0.2) is 0 Å². The maximum atomic E-state index is 12.7. The van der Waals surface area contributed by atoms with Crippen LogP contribution < -0.4 is 9.80 Å². The molecule has 2 fully saturated rings. The molecule has 0 unspecified atom stereocenters. The summed E-state index contributed by atoms with van der Waals surface area (Å²) >= 11 is 7.58. The molecule has 3 heterocycles. The second-order valence-corrected chi connectivity index (χ2v) is 7.81. The Morgan fingerprint density at radius 2 is 2.00 bits per heavy atom. The van der Waals surface area contributed by atoms with E-state index in [0.717, 1.165) is 18.7 Å². The summed E-state index contributed by atoms with van der Waals surface area (Å²) in [6.45, 7) is 4.72. The summed E-state index contributed by atoms with van der Waals surface area (Å²) in [5.41, 5.74) is 1.01. The van der Waals surface area contributed by atoms with Crippen LogP contribution in [0, 0.1) is 0 Å². The number of halogens is 1. The maximum Gasteiger partial charge on any atom is 0.246 e. The lowest BCUT2D eigenvalue weighted by Gasteiger charge is -2.25. The van der Waals surface area contributed by atoms with Crippen molar-refractivity contribution in [3.63, 3.8) is 0 Å². The highest BCUT2D eigenvalue weighted by molar-refractivity contribution is 8.01. The number of amides is 1. The first-order valence-corrected chi connectivity index (χ1v) is 9.44. The van der Waals surface area contributed by atoms with Gasteiger partial charge in [-0.05, 0) is 24.6 Å². The first-order valence-electron chi connectivity index (χ1n) is 8.12. The SMILES string of the molecule is C[C@@H]1S[C@H](c2ccc(Cl)cc2)N(c2nc(N3CCOCC3)n[nH]2)C1=O. The zero-order valence-electron chi connectivity index (χ0n) is 13.7. The molecule has 2 aliphatic rings. The summed E-state index contributed by atoms with van der Waals surface area (Å²) in [6, 6.07) is 7.56. The quantitative estimate of drug-likeness (QED) is 0.883. The van der Waals surface area contributed by atoms with Crippen molar-refractivity contribution in [3.8, 4) is 0 Å². The van der Waals surface area contributed by atoms with E-state index in [0.29, 0.717) is 30.1 Å². The Morgan fingerprint density at radius 3 is 2.72 bits per heavy atom. The number of H-pyrrole nitrogens is 1. The highest BCUT2D eigenvalue weighted by Gasteiger charge is 2.41. The molecule has 2 aromatic rings. The summed E-state index contributed by atoms with van der Waals surface area (Å²) in [5.74, 6) is 1.10. The van der Waals surface area contributed by atoms with Gasteiger partial charge < -0.3 is 9.64 Å². The molecule has 4 rings (SSSR count). The third-order valence-electron chi connectivity index (χ3n) is 4.29. The predicted octanol–water partition coefficient (Wildman–Crippen LogP) is 2.46. The normalized spacial score (nSPS) is 24.2. The van der Waals surface area contributed by atoms with Crippen LogP contribution in [0.2, 0.25) is 5.02 Å². The van der Waals surface area contributed by atoms with Gasteiger partial charge >= 0.3 is 0 Å². The Bertz CT molecular complexity index is 762. The molecule has 0 saturated carbocycles. The molecular formula is C16H18ClN5O2S. The van der Waals surface area contributed by atoms with E-state index in [1.807, 2.05) is 31.2 Å². The largest absolute Gasteiger partial charge is 0.378 e. The minimum Gasteiger partial charge on any atom is -0.378 e. The van der Waals surface area contributed by atoms with Crippen molar-refractivity contribution in [2.45, 2.75) is 17.5 Å². The van der Waals surface area contributed by atoms with E-state index >= 15 is 0 Å². The van der Waals surface area contributed by atoms with Crippen LogP contribution in [0.1, 0.15) is 17.9 Å². The van der Waals surface area contributed by atoms with Crippen LogP contribution in [0.25, 0.3) is 0 Å². The fraction of sp³-hybridized carbons (Fsp3) is 0.438. The van der Waals surface area contributed by atoms with Crippen molar-refractivity contribution in [3.05, 3.63) is 34.9 Å². The third kappa shape index (κ3) is 3.21. The molecule has 0 spiro atoms. The van der Waals surface area contributed by atoms with E-state index in [4.69, 9.17) is 16.3 Å². The van der Waals surface area contributed by atoms with E-state index in [2.05, 4.69) is 20.1 Å². The lowest BCUT2D eigenvalue weighted by atomic mass is 10.2. The van der Waals surface area contributed by atoms with E-state index in [9.17, 15) is 4.79 Å². The molecule has 1 aromatic heterocycles. The lowest BCUT2D eigenvalue weighted by molar-refractivity contribution is -0.117. The summed E-state index contributed by atoms with van der Waals surface area (Å²) in [5, 5.41) is 7.61. The minimum atomic E-state index is -0.148. The Hall–Kier alpha value is -1.77. The smallest absolute Gasteiger partial charge is 0.246 e. The average molecular weight is 380 g/mol. The van der Waals surface area contributed by atoms with Gasteiger partial charge in [-0.1, -0.05) is 23.7 Å². The highest BCUT2D eigenvalue weighted by Crippen LogP contribution is 2.44. The van der Waals surface area contributed by atoms with Crippen LogP contribution in [-0.2, 0) is 9.53 Å². The van der Waals surface area contributed by atoms with Gasteiger partial charge in [-0.2, -0.15) is 4.98 Å². The van der Waals surface area contributed by atoms with Gasteiger partial charge in [0.25, 0.3) is 0 Å². The van der Waals surface area contributed by atoms with Crippen LogP contribution >= 0.6 is 23.4 Å². The number of hydrogen-bond acceptors (Lipinski definition) is 6. The van der Waals surface area contributed by atoms with Crippen LogP contribution in [0.15, 0.2) is 24.3 Å². The fourth-order valence-corrected chi connectivity index (χ4v) is 4.33. The van der Waals surface area contributed by atoms with Gasteiger partial charge in [0.05, 0.1) is 18.5 Å². The predicted molar refractivity (Wildman–Crippen MR) is 98.1 cm³/mol. The van der Waals surface area contributed by atoms with Crippen molar-refractivity contribution in [2.75, 3.05) is 36.1 Å². The van der Waals surface area contributed by atoms with E-state index < -0.39 is 0 Å². The number of aromatic amines is 1. The minimum absolute atomic E-state index is 0.0228. The number of carbonyl (C=O) groups excluding carboxylic acids is 1. The number of hydrogen-bond donors (Lipinski definition) is 1. The molecule has 1 aromatic carbocycles. The second kappa shape index (κ2) is 6.86. The molecule has 0 aliphatic carbocycles. The van der Waals surface area contributed by atoms with Crippen molar-refractivity contribution < 1.29 is 9.53 Å². The monoisotopic (exact) mass is 379 g/mol. The summed E-state index contributed by atoms with van der Waals surface area (Å²) in [7, 11) is 0. The number of thioether (sulfide) groups is 1. The van der Waals surface area contributed by atoms with E-state index in [1.165, 1.54) is 0 Å². The number of nitrogens with one attached hydrogen (secondary N) is 1. The molecular weight excluding hydrogens is 362 g/mol. The highest BCUT2D eigenvalue weighted by atomic mass is 35.5. The molecule has 7 nitrogen and oxygen atoms in total. The first-order chi connectivity index (χ1) is 12.1. The van der Waals surface area contributed by atoms with Crippen molar-refractivity contribution >= 4 is 41.2 Å². The number of nitrogens with zero attached hydrogens (tertiary/aromatic N) is 4. The van der Waals surface area contributed by atoms with Crippen molar-refractivity contribution in [2.24, 2.45) is 0 Å². The van der Waals surface area contributed by atoms with Gasteiger partial charge in [-0.3, -0.25) is 9.69 Å². The van der Waals surface area contributed by atoms with Gasteiger partial charge in [-0.15, -0.1) is 16.9 Å². The number of rotatable bonds is 3. The van der Waals surface area contributed by atoms with Gasteiger partial charge in [-0.25, -0.2) is 5.10 Å². The fourth-order valence-electron chi connectivity index (χ4n) is 2.95. The molecule has 2 atom stereocenters. The number of benzene rings is 1. The zero-order valence-corrected chi connectivity index (χ0v) is 15.3. The molecule has 132 valence electrons. The van der Waals surface area contributed by atoms with Crippen molar-refractivity contribution in [1.82, 2.24) is 15.2 Å². The Labute approximate surface area is 154 Å². The molecule has 1 amide bonds. The van der Waals surface area contributed by atoms with Gasteiger partial charge in [0, 0.05) is 18.1 Å². The summed E-state index contributed by atoms with van der Waals surface area (Å²) in [6.07, 6.45) is 0. The van der Waals surface area contributed by atoms with Gasteiger partial charge in [0.2, 0.25) is 17.8 Å². The van der Waals surface area contributed by atoms with Crippen LogP contribution in [0.3, 0.4) is 0 Å². The second-order valence-electron chi connectivity index (χ2n) is 5.95. The number of anilines is 2. The molecule has 1 N–H and O–H groups in total. The Kier molecular flexibility index (Phi) is 4.58. The number of morpholine rings is 1. The van der Waals surface area contributed by atoms with Crippen LogP contribution in [0.5, 0.6) is 0 Å². The topological polar surface area (TPSA) is 74.4 Å².